The van der Waals surface area contributed by atoms with Crippen LogP contribution in [0, 0.1) is 0 Å². The van der Waals surface area contributed by atoms with Gasteiger partial charge >= 0.3 is 6.18 Å². The minimum absolute atomic E-state index is 0.0703. The summed E-state index contributed by atoms with van der Waals surface area (Å²) in [4.78, 5) is 0. The molecule has 0 aliphatic heterocycles. The third-order valence-corrected chi connectivity index (χ3v) is 3.22. The summed E-state index contributed by atoms with van der Waals surface area (Å²) in [6.07, 6.45) is -5.56. The molecule has 124 valence electrons. The molecule has 23 heavy (non-hydrogen) atoms. The molecule has 0 heterocycles. The van der Waals surface area contributed by atoms with Gasteiger partial charge in [-0.05, 0) is 30.2 Å². The Balaban J connectivity index is 2.13. The normalized spacial score (nSPS) is 12.7. The van der Waals surface area contributed by atoms with Gasteiger partial charge in [0.1, 0.15) is 0 Å². The van der Waals surface area contributed by atoms with E-state index in [1.807, 2.05) is 0 Å². The topological polar surface area (TPSA) is 64.5 Å². The van der Waals surface area contributed by atoms with Gasteiger partial charge in [0.05, 0.1) is 5.56 Å². The Morgan fingerprint density at radius 3 is 2.13 bits per heavy atom. The average molecular weight is 326 g/mol. The number of aliphatic hydroxyl groups excluding tert-OH is 2. The predicted octanol–water partition coefficient (Wildman–Crippen LogP) is 3.04. The molecular weight excluding hydrogens is 309 g/mol. The lowest BCUT2D eigenvalue weighted by atomic mass is 10.1. The van der Waals surface area contributed by atoms with Crippen molar-refractivity contribution in [2.24, 2.45) is 0 Å². The fourth-order valence-corrected chi connectivity index (χ4v) is 2.19. The van der Waals surface area contributed by atoms with E-state index in [4.69, 9.17) is 5.11 Å². The van der Waals surface area contributed by atoms with Crippen molar-refractivity contribution < 1.29 is 23.4 Å². The zero-order chi connectivity index (χ0) is 16.9. The maximum atomic E-state index is 12.9. The number of alkyl halides is 3. The fraction of sp³-hybridized carbons (Fsp3) is 0.250. The zero-order valence-electron chi connectivity index (χ0n) is 12.1. The lowest BCUT2D eigenvalue weighted by molar-refractivity contribution is -0.137. The number of hydrogen-bond donors (Lipinski definition) is 4. The number of rotatable bonds is 6. The van der Waals surface area contributed by atoms with Gasteiger partial charge in [-0.25, -0.2) is 0 Å². The van der Waals surface area contributed by atoms with Crippen molar-refractivity contribution in [3.8, 4) is 0 Å². The molecule has 4 nitrogen and oxygen atoms in total. The lowest BCUT2D eigenvalue weighted by Gasteiger charge is -2.21. The number of anilines is 2. The Labute approximate surface area is 131 Å². The number of para-hydroxylation sites is 2. The largest absolute Gasteiger partial charge is 0.418 e. The van der Waals surface area contributed by atoms with Crippen LogP contribution in [0.25, 0.3) is 0 Å². The minimum Gasteiger partial charge on any atom is -0.396 e. The van der Waals surface area contributed by atoms with E-state index < -0.39 is 18.1 Å². The molecule has 0 amide bonds. The van der Waals surface area contributed by atoms with Crippen LogP contribution in [0.15, 0.2) is 48.5 Å². The highest BCUT2D eigenvalue weighted by atomic mass is 19.4. The molecule has 0 fully saturated rings. The maximum Gasteiger partial charge on any atom is 0.418 e. The van der Waals surface area contributed by atoms with Crippen molar-refractivity contribution in [3.05, 3.63) is 59.7 Å². The van der Waals surface area contributed by atoms with Gasteiger partial charge in [-0.15, -0.1) is 0 Å². The molecule has 1 unspecified atom stereocenters. The molecular formula is C16H17F3N2O2. The van der Waals surface area contributed by atoms with Gasteiger partial charge in [0.15, 0.2) is 0 Å². The first-order valence-electron chi connectivity index (χ1n) is 6.98. The summed E-state index contributed by atoms with van der Waals surface area (Å²) in [5.41, 5.74) is 0.204. The number of hydrogen-bond acceptors (Lipinski definition) is 4. The van der Waals surface area contributed by atoms with Crippen molar-refractivity contribution in [3.63, 3.8) is 0 Å². The molecule has 0 aromatic heterocycles. The number of benzene rings is 2. The second-order valence-electron chi connectivity index (χ2n) is 4.87. The molecule has 0 aliphatic rings. The Bertz CT molecular complexity index is 647. The van der Waals surface area contributed by atoms with E-state index in [1.165, 1.54) is 18.2 Å². The third-order valence-electron chi connectivity index (χ3n) is 3.22. The molecule has 0 spiro atoms. The molecule has 0 saturated carbocycles. The second kappa shape index (κ2) is 7.34. The summed E-state index contributed by atoms with van der Waals surface area (Å²) >= 11 is 0. The number of aliphatic hydroxyl groups is 2. The average Bonchev–Trinajstić information content (AvgIpc) is 2.49. The van der Waals surface area contributed by atoms with Gasteiger partial charge in [0, 0.05) is 18.0 Å². The molecule has 0 radical (unpaired) electrons. The Hall–Kier alpha value is -2.25. The fourth-order valence-electron chi connectivity index (χ4n) is 2.19. The molecule has 1 atom stereocenters. The molecule has 0 bridgehead atoms. The first-order chi connectivity index (χ1) is 10.9. The Kier molecular flexibility index (Phi) is 5.46. The van der Waals surface area contributed by atoms with Crippen LogP contribution in [0.4, 0.5) is 24.5 Å². The molecule has 7 heteroatoms. The number of halogens is 3. The van der Waals surface area contributed by atoms with E-state index in [-0.39, 0.29) is 12.3 Å². The second-order valence-corrected chi connectivity index (χ2v) is 4.87. The molecule has 4 N–H and O–H groups in total. The van der Waals surface area contributed by atoms with Crippen molar-refractivity contribution in [2.75, 3.05) is 17.2 Å². The minimum atomic E-state index is -4.52. The molecule has 0 saturated heterocycles. The van der Waals surface area contributed by atoms with Crippen LogP contribution in [0.2, 0.25) is 0 Å². The smallest absolute Gasteiger partial charge is 0.396 e. The molecule has 2 aromatic carbocycles. The Morgan fingerprint density at radius 2 is 1.48 bits per heavy atom. The van der Waals surface area contributed by atoms with Gasteiger partial charge in [-0.1, -0.05) is 30.3 Å². The molecule has 2 aromatic rings. The highest BCUT2D eigenvalue weighted by Gasteiger charge is 2.33. The quantitative estimate of drug-likeness (QED) is 0.616. The highest BCUT2D eigenvalue weighted by Crippen LogP contribution is 2.34. The van der Waals surface area contributed by atoms with Gasteiger partial charge in [0.2, 0.25) is 6.35 Å². The monoisotopic (exact) mass is 326 g/mol. The van der Waals surface area contributed by atoms with Gasteiger partial charge in [-0.2, -0.15) is 13.2 Å². The molecule has 2 rings (SSSR count). The standard InChI is InChI=1S/C16H17F3N2O2/c17-16(18,19)12-6-2-4-8-14(12)21-15(23)20-13-7-3-1-5-11(13)9-10-22/h1-8,15,20-23H,9-10H2. The predicted molar refractivity (Wildman–Crippen MR) is 81.9 cm³/mol. The van der Waals surface area contributed by atoms with Crippen LogP contribution in [0.3, 0.4) is 0 Å². The van der Waals surface area contributed by atoms with Gasteiger partial charge in [0.25, 0.3) is 0 Å². The van der Waals surface area contributed by atoms with Crippen molar-refractivity contribution in [1.82, 2.24) is 0 Å². The number of nitrogens with one attached hydrogen (secondary N) is 2. The highest BCUT2D eigenvalue weighted by molar-refractivity contribution is 5.56. The van der Waals surface area contributed by atoms with E-state index in [9.17, 15) is 18.3 Å². The van der Waals surface area contributed by atoms with E-state index in [0.717, 1.165) is 11.6 Å². The van der Waals surface area contributed by atoms with Crippen LogP contribution in [-0.2, 0) is 12.6 Å². The lowest BCUT2D eigenvalue weighted by Crippen LogP contribution is -2.29. The summed E-state index contributed by atoms with van der Waals surface area (Å²) < 4.78 is 38.8. The van der Waals surface area contributed by atoms with Crippen LogP contribution >= 0.6 is 0 Å². The summed E-state index contributed by atoms with van der Waals surface area (Å²) in [6.45, 7) is -0.0703. The van der Waals surface area contributed by atoms with Crippen LogP contribution in [0.5, 0.6) is 0 Å². The summed E-state index contributed by atoms with van der Waals surface area (Å²) in [7, 11) is 0. The van der Waals surface area contributed by atoms with Gasteiger partial charge < -0.3 is 20.8 Å². The van der Waals surface area contributed by atoms with Gasteiger partial charge in [-0.3, -0.25) is 0 Å². The third kappa shape index (κ3) is 4.61. The van der Waals surface area contributed by atoms with Crippen LogP contribution < -0.4 is 10.6 Å². The van der Waals surface area contributed by atoms with Crippen LogP contribution in [0.1, 0.15) is 11.1 Å². The van der Waals surface area contributed by atoms with E-state index in [2.05, 4.69) is 10.6 Å². The van der Waals surface area contributed by atoms with E-state index in [0.29, 0.717) is 12.1 Å². The zero-order valence-corrected chi connectivity index (χ0v) is 12.1. The summed E-state index contributed by atoms with van der Waals surface area (Å²) in [6, 6.07) is 11.8. The maximum absolute atomic E-state index is 12.9. The van der Waals surface area contributed by atoms with E-state index in [1.54, 1.807) is 24.3 Å². The summed E-state index contributed by atoms with van der Waals surface area (Å²) in [5, 5.41) is 24.1. The Morgan fingerprint density at radius 1 is 0.913 bits per heavy atom. The van der Waals surface area contributed by atoms with Crippen molar-refractivity contribution in [1.29, 1.82) is 0 Å². The summed E-state index contributed by atoms with van der Waals surface area (Å²) in [5.74, 6) is 0. The van der Waals surface area contributed by atoms with E-state index >= 15 is 0 Å². The van der Waals surface area contributed by atoms with Crippen molar-refractivity contribution in [2.45, 2.75) is 18.9 Å². The first kappa shape index (κ1) is 17.1. The van der Waals surface area contributed by atoms with Crippen molar-refractivity contribution >= 4 is 11.4 Å². The molecule has 0 aliphatic carbocycles. The first-order valence-corrected chi connectivity index (χ1v) is 6.98. The SMILES string of the molecule is OCCc1ccccc1NC(O)Nc1ccccc1C(F)(F)F. The van der Waals surface area contributed by atoms with Crippen LogP contribution in [-0.4, -0.2) is 23.2 Å².